The first-order chi connectivity index (χ1) is 14.6. The third-order valence-electron chi connectivity index (χ3n) is 4.85. The van der Waals surface area contributed by atoms with E-state index in [2.05, 4.69) is 10.4 Å². The molecule has 0 spiro atoms. The van der Waals surface area contributed by atoms with Crippen LogP contribution >= 0.6 is 0 Å². The fourth-order valence-corrected chi connectivity index (χ4v) is 3.40. The van der Waals surface area contributed by atoms with Gasteiger partial charge in [0.1, 0.15) is 5.82 Å². The van der Waals surface area contributed by atoms with Gasteiger partial charge in [0.15, 0.2) is 11.5 Å². The van der Waals surface area contributed by atoms with Crippen molar-refractivity contribution in [3.05, 3.63) is 83.8 Å². The average molecular weight is 405 g/mol. The predicted molar refractivity (Wildman–Crippen MR) is 112 cm³/mol. The Balaban J connectivity index is 1.61. The molecule has 0 atom stereocenters. The van der Waals surface area contributed by atoms with E-state index in [1.165, 1.54) is 12.1 Å². The summed E-state index contributed by atoms with van der Waals surface area (Å²) < 4.78 is 25.6. The molecule has 152 valence electrons. The van der Waals surface area contributed by atoms with Crippen LogP contribution in [0.2, 0.25) is 0 Å². The third-order valence-corrected chi connectivity index (χ3v) is 4.85. The van der Waals surface area contributed by atoms with E-state index in [4.69, 9.17) is 9.47 Å². The molecule has 1 N–H and O–H groups in total. The van der Waals surface area contributed by atoms with E-state index >= 15 is 0 Å². The van der Waals surface area contributed by atoms with Crippen LogP contribution in [0.5, 0.6) is 11.5 Å². The fraction of sp³-hybridized carbons (Fsp3) is 0.130. The molecule has 1 amide bonds. The van der Waals surface area contributed by atoms with Crippen LogP contribution in [0, 0.1) is 5.82 Å². The number of carbonyl (C=O) groups is 1. The molecule has 1 heterocycles. The fourth-order valence-electron chi connectivity index (χ4n) is 3.40. The minimum atomic E-state index is -0.316. The average Bonchev–Trinajstić information content (AvgIpc) is 3.21. The van der Waals surface area contributed by atoms with E-state index in [-0.39, 0.29) is 18.3 Å². The number of carbonyl (C=O) groups excluding carboxylic acids is 1. The van der Waals surface area contributed by atoms with Crippen molar-refractivity contribution in [2.75, 3.05) is 14.2 Å². The lowest BCUT2D eigenvalue weighted by Crippen LogP contribution is -2.23. The molecule has 0 aliphatic rings. The second kappa shape index (κ2) is 8.24. The number of halogens is 1. The number of hydrogen-bond donors (Lipinski definition) is 1. The Hall–Kier alpha value is -3.87. The van der Waals surface area contributed by atoms with E-state index in [0.29, 0.717) is 28.1 Å². The Kier molecular flexibility index (Phi) is 5.34. The van der Waals surface area contributed by atoms with Gasteiger partial charge in [-0.15, -0.1) is 0 Å². The topological polar surface area (TPSA) is 65.4 Å². The van der Waals surface area contributed by atoms with E-state index < -0.39 is 0 Å². The van der Waals surface area contributed by atoms with Gasteiger partial charge < -0.3 is 14.8 Å². The second-order valence-electron chi connectivity index (χ2n) is 6.61. The van der Waals surface area contributed by atoms with Crippen LogP contribution in [0.1, 0.15) is 15.9 Å². The number of aromatic nitrogens is 2. The predicted octanol–water partition coefficient (Wildman–Crippen LogP) is 4.11. The molecule has 4 aromatic rings. The van der Waals surface area contributed by atoms with Crippen LogP contribution in [-0.2, 0) is 6.54 Å². The van der Waals surface area contributed by atoms with Gasteiger partial charge in [0, 0.05) is 17.5 Å². The molecule has 0 radical (unpaired) electrons. The molecule has 4 rings (SSSR count). The molecule has 1 aromatic heterocycles. The van der Waals surface area contributed by atoms with Gasteiger partial charge in [0.2, 0.25) is 0 Å². The van der Waals surface area contributed by atoms with Crippen molar-refractivity contribution in [3.63, 3.8) is 0 Å². The van der Waals surface area contributed by atoms with E-state index in [9.17, 15) is 9.18 Å². The van der Waals surface area contributed by atoms with E-state index in [1.807, 2.05) is 18.2 Å². The normalized spacial score (nSPS) is 10.8. The van der Waals surface area contributed by atoms with Crippen LogP contribution in [0.3, 0.4) is 0 Å². The number of fused-ring (bicyclic) bond motifs is 1. The summed E-state index contributed by atoms with van der Waals surface area (Å²) in [6.07, 6.45) is 1.64. The lowest BCUT2D eigenvalue weighted by atomic mass is 10.1. The highest BCUT2D eigenvalue weighted by Gasteiger charge is 2.15. The minimum Gasteiger partial charge on any atom is -0.493 e. The summed E-state index contributed by atoms with van der Waals surface area (Å²) >= 11 is 0. The maximum atomic E-state index is 13.2. The highest BCUT2D eigenvalue weighted by Crippen LogP contribution is 2.30. The lowest BCUT2D eigenvalue weighted by molar-refractivity contribution is 0.0952. The summed E-state index contributed by atoms with van der Waals surface area (Å²) in [4.78, 5) is 12.9. The number of nitrogens with zero attached hydrogens (tertiary/aromatic N) is 2. The molecule has 30 heavy (non-hydrogen) atoms. The Bertz CT molecular complexity index is 1200. The summed E-state index contributed by atoms with van der Waals surface area (Å²) in [6, 6.07) is 17.0. The molecule has 0 saturated heterocycles. The summed E-state index contributed by atoms with van der Waals surface area (Å²) in [6.45, 7) is 0.279. The van der Waals surface area contributed by atoms with Crippen LogP contribution in [0.15, 0.2) is 66.9 Å². The molecular formula is C23H20FN3O3. The molecule has 0 saturated carbocycles. The number of benzene rings is 3. The van der Waals surface area contributed by atoms with E-state index in [0.717, 1.165) is 11.1 Å². The number of ether oxygens (including phenoxy) is 2. The molecule has 3 aromatic carbocycles. The van der Waals surface area contributed by atoms with Crippen molar-refractivity contribution in [3.8, 4) is 17.2 Å². The Morgan fingerprint density at radius 2 is 1.80 bits per heavy atom. The quantitative estimate of drug-likeness (QED) is 0.524. The zero-order valence-electron chi connectivity index (χ0n) is 16.6. The molecule has 0 fully saturated rings. The number of nitrogens with one attached hydrogen (secondary N) is 1. The van der Waals surface area contributed by atoms with Gasteiger partial charge in [0.25, 0.3) is 5.91 Å². The van der Waals surface area contributed by atoms with Gasteiger partial charge in [-0.25, -0.2) is 9.07 Å². The Morgan fingerprint density at radius 3 is 2.53 bits per heavy atom. The number of para-hydroxylation sites is 1. The monoisotopic (exact) mass is 405 g/mol. The van der Waals surface area contributed by atoms with Crippen molar-refractivity contribution < 1.29 is 18.7 Å². The number of methoxy groups -OCH3 is 2. The zero-order chi connectivity index (χ0) is 21.1. The standard InChI is InChI=1S/C23H20FN3O3/c1-29-21-8-3-5-15(22(21)30-2)13-25-23(28)18-6-4-7-20-19(18)14-26-27(20)17-11-9-16(24)10-12-17/h3-12,14H,13H2,1-2H3,(H,25,28). The number of amides is 1. The van der Waals surface area contributed by atoms with Gasteiger partial charge in [-0.3, -0.25) is 4.79 Å². The molecule has 0 unspecified atom stereocenters. The summed E-state index contributed by atoms with van der Waals surface area (Å²) in [5.74, 6) is 0.641. The maximum absolute atomic E-state index is 13.2. The van der Waals surface area contributed by atoms with Crippen molar-refractivity contribution in [2.45, 2.75) is 6.54 Å². The minimum absolute atomic E-state index is 0.232. The van der Waals surface area contributed by atoms with Crippen LogP contribution in [0.4, 0.5) is 4.39 Å². The number of hydrogen-bond acceptors (Lipinski definition) is 4. The smallest absolute Gasteiger partial charge is 0.252 e. The molecule has 0 aliphatic heterocycles. The Labute approximate surface area is 172 Å². The Morgan fingerprint density at radius 1 is 1.03 bits per heavy atom. The van der Waals surface area contributed by atoms with Gasteiger partial charge in [0.05, 0.1) is 37.2 Å². The molecule has 7 heteroatoms. The highest BCUT2D eigenvalue weighted by molar-refractivity contribution is 6.06. The third kappa shape index (κ3) is 3.57. The molecule has 6 nitrogen and oxygen atoms in total. The second-order valence-corrected chi connectivity index (χ2v) is 6.61. The van der Waals surface area contributed by atoms with Crippen molar-refractivity contribution in [1.82, 2.24) is 15.1 Å². The van der Waals surface area contributed by atoms with Gasteiger partial charge in [-0.1, -0.05) is 18.2 Å². The molecule has 0 bridgehead atoms. The first kappa shape index (κ1) is 19.4. The van der Waals surface area contributed by atoms with Gasteiger partial charge in [-0.05, 0) is 42.5 Å². The first-order valence-corrected chi connectivity index (χ1v) is 9.33. The largest absolute Gasteiger partial charge is 0.493 e. The SMILES string of the molecule is COc1cccc(CNC(=O)c2cccc3c2cnn3-c2ccc(F)cc2)c1OC. The van der Waals surface area contributed by atoms with Crippen LogP contribution < -0.4 is 14.8 Å². The highest BCUT2D eigenvalue weighted by atomic mass is 19.1. The van der Waals surface area contributed by atoms with Crippen LogP contribution in [0.25, 0.3) is 16.6 Å². The summed E-state index contributed by atoms with van der Waals surface area (Å²) in [5, 5.41) is 8.02. The van der Waals surface area contributed by atoms with Gasteiger partial charge in [-0.2, -0.15) is 5.10 Å². The molecular weight excluding hydrogens is 385 g/mol. The first-order valence-electron chi connectivity index (χ1n) is 9.33. The maximum Gasteiger partial charge on any atom is 0.252 e. The molecule has 0 aliphatic carbocycles. The number of rotatable bonds is 6. The summed E-state index contributed by atoms with van der Waals surface area (Å²) in [5.41, 5.74) is 2.78. The van der Waals surface area contributed by atoms with Gasteiger partial charge >= 0.3 is 0 Å². The van der Waals surface area contributed by atoms with Crippen molar-refractivity contribution in [1.29, 1.82) is 0 Å². The van der Waals surface area contributed by atoms with Crippen LogP contribution in [-0.4, -0.2) is 29.9 Å². The lowest BCUT2D eigenvalue weighted by Gasteiger charge is -2.13. The van der Waals surface area contributed by atoms with E-state index in [1.54, 1.807) is 55.4 Å². The van der Waals surface area contributed by atoms with Crippen molar-refractivity contribution >= 4 is 16.8 Å². The summed E-state index contributed by atoms with van der Waals surface area (Å²) in [7, 11) is 3.13. The zero-order valence-corrected chi connectivity index (χ0v) is 16.6. The van der Waals surface area contributed by atoms with Crippen molar-refractivity contribution in [2.24, 2.45) is 0 Å².